The number of anilines is 1. The molecule has 0 amide bonds. The molecule has 0 aromatic carbocycles. The summed E-state index contributed by atoms with van der Waals surface area (Å²) in [5, 5.41) is 0. The molecule has 0 unspecified atom stereocenters. The zero-order valence-corrected chi connectivity index (χ0v) is 8.96. The Morgan fingerprint density at radius 1 is 1.43 bits per heavy atom. The quantitative estimate of drug-likeness (QED) is 0.556. The van der Waals surface area contributed by atoms with E-state index in [0.717, 1.165) is 5.69 Å². The number of aromatic nitrogens is 2. The van der Waals surface area contributed by atoms with Gasteiger partial charge in [-0.15, -0.1) is 0 Å². The fraction of sp³-hybridized carbons (Fsp3) is 0.556. The van der Waals surface area contributed by atoms with Gasteiger partial charge in [-0.3, -0.25) is 0 Å². The maximum absolute atomic E-state index is 5.29. The molecule has 0 aliphatic heterocycles. The Balaban J connectivity index is 3.15. The smallest absolute Gasteiger partial charge is 0.162 e. The molecule has 1 heterocycles. The van der Waals surface area contributed by atoms with Gasteiger partial charge in [0, 0.05) is 18.9 Å². The normalized spacial score (nSPS) is 11.5. The van der Waals surface area contributed by atoms with Crippen LogP contribution in [0.4, 0.5) is 5.82 Å². The number of nitrogen functional groups attached to an aromatic ring is 1. The van der Waals surface area contributed by atoms with E-state index in [1.807, 2.05) is 20.8 Å². The molecule has 0 aliphatic rings. The van der Waals surface area contributed by atoms with Crippen LogP contribution in [0, 0.1) is 6.92 Å². The average molecular weight is 196 g/mol. The summed E-state index contributed by atoms with van der Waals surface area (Å²) in [4.78, 5) is 8.52. The zero-order chi connectivity index (χ0) is 10.8. The summed E-state index contributed by atoms with van der Waals surface area (Å²) in [6, 6.07) is 1.77. The molecule has 5 heteroatoms. The van der Waals surface area contributed by atoms with E-state index >= 15 is 0 Å². The van der Waals surface area contributed by atoms with Crippen molar-refractivity contribution in [2.75, 3.05) is 12.5 Å². The molecule has 0 bridgehead atoms. The summed E-state index contributed by atoms with van der Waals surface area (Å²) in [7, 11) is 1.63. The first-order valence-corrected chi connectivity index (χ1v) is 4.37. The first kappa shape index (κ1) is 10.9. The zero-order valence-electron chi connectivity index (χ0n) is 8.96. The van der Waals surface area contributed by atoms with Gasteiger partial charge in [-0.1, -0.05) is 0 Å². The predicted octanol–water partition coefficient (Wildman–Crippen LogP) is 0.952. The van der Waals surface area contributed by atoms with E-state index < -0.39 is 5.60 Å². The average Bonchev–Trinajstić information content (AvgIpc) is 2.16. The van der Waals surface area contributed by atoms with Gasteiger partial charge in [0.05, 0.1) is 0 Å². The number of hydrogen-bond donors (Lipinski definition) is 2. The van der Waals surface area contributed by atoms with Gasteiger partial charge in [0.1, 0.15) is 11.4 Å². The molecular formula is C9H16N4O. The van der Waals surface area contributed by atoms with Crippen LogP contribution in [0.3, 0.4) is 0 Å². The fourth-order valence-corrected chi connectivity index (χ4v) is 1.00. The third kappa shape index (κ3) is 2.18. The third-order valence-corrected chi connectivity index (χ3v) is 2.05. The highest BCUT2D eigenvalue weighted by Gasteiger charge is 2.23. The van der Waals surface area contributed by atoms with Crippen molar-refractivity contribution >= 4 is 5.82 Å². The number of rotatable bonds is 3. The van der Waals surface area contributed by atoms with E-state index in [1.54, 1.807) is 13.2 Å². The van der Waals surface area contributed by atoms with E-state index in [0.29, 0.717) is 11.6 Å². The third-order valence-electron chi connectivity index (χ3n) is 2.05. The molecular weight excluding hydrogens is 180 g/mol. The maximum atomic E-state index is 5.29. The van der Waals surface area contributed by atoms with E-state index in [1.165, 1.54) is 0 Å². The molecule has 0 spiro atoms. The van der Waals surface area contributed by atoms with E-state index in [9.17, 15) is 0 Å². The number of methoxy groups -OCH3 is 1. The number of nitrogens with one attached hydrogen (secondary N) is 1. The first-order chi connectivity index (χ1) is 6.49. The summed E-state index contributed by atoms with van der Waals surface area (Å²) in [5.41, 5.74) is 2.85. The minimum Gasteiger partial charge on any atom is -0.371 e. The van der Waals surface area contributed by atoms with Crippen LogP contribution in [-0.4, -0.2) is 17.1 Å². The molecule has 5 nitrogen and oxygen atoms in total. The topological polar surface area (TPSA) is 73.1 Å². The second-order valence-corrected chi connectivity index (χ2v) is 3.58. The van der Waals surface area contributed by atoms with Crippen molar-refractivity contribution in [3.63, 3.8) is 0 Å². The number of nitrogens with zero attached hydrogens (tertiary/aromatic N) is 2. The Kier molecular flexibility index (Phi) is 3.03. The lowest BCUT2D eigenvalue weighted by Crippen LogP contribution is -2.24. The Bertz CT molecular complexity index is 325. The molecule has 0 atom stereocenters. The van der Waals surface area contributed by atoms with Crippen molar-refractivity contribution in [3.05, 3.63) is 17.6 Å². The molecule has 14 heavy (non-hydrogen) atoms. The summed E-state index contributed by atoms with van der Waals surface area (Å²) >= 11 is 0. The predicted molar refractivity (Wildman–Crippen MR) is 54.6 cm³/mol. The Hall–Kier alpha value is -1.20. The van der Waals surface area contributed by atoms with Gasteiger partial charge in [-0.2, -0.15) is 0 Å². The molecule has 0 aliphatic carbocycles. The van der Waals surface area contributed by atoms with Gasteiger partial charge in [-0.25, -0.2) is 15.8 Å². The maximum Gasteiger partial charge on any atom is 0.162 e. The Labute approximate surface area is 83.7 Å². The molecule has 0 fully saturated rings. The number of nitrogens with two attached hydrogens (primary N) is 1. The lowest BCUT2D eigenvalue weighted by Gasteiger charge is -2.21. The van der Waals surface area contributed by atoms with Crippen molar-refractivity contribution < 1.29 is 4.74 Å². The van der Waals surface area contributed by atoms with Crippen LogP contribution < -0.4 is 11.3 Å². The molecule has 3 N–H and O–H groups in total. The van der Waals surface area contributed by atoms with E-state index in [-0.39, 0.29) is 0 Å². The molecule has 78 valence electrons. The molecule has 0 radical (unpaired) electrons. The Morgan fingerprint density at radius 2 is 2.07 bits per heavy atom. The SMILES string of the molecule is COC(C)(C)c1nc(C)cc(NN)n1. The Morgan fingerprint density at radius 3 is 2.57 bits per heavy atom. The lowest BCUT2D eigenvalue weighted by atomic mass is 10.1. The molecule has 1 aromatic heterocycles. The van der Waals surface area contributed by atoms with Gasteiger partial charge in [-0.05, 0) is 20.8 Å². The number of hydrogen-bond acceptors (Lipinski definition) is 5. The lowest BCUT2D eigenvalue weighted by molar-refractivity contribution is 0.0114. The van der Waals surface area contributed by atoms with Gasteiger partial charge < -0.3 is 10.2 Å². The summed E-state index contributed by atoms with van der Waals surface area (Å²) < 4.78 is 5.28. The first-order valence-electron chi connectivity index (χ1n) is 4.37. The monoisotopic (exact) mass is 196 g/mol. The van der Waals surface area contributed by atoms with Crippen molar-refractivity contribution in [2.24, 2.45) is 5.84 Å². The highest BCUT2D eigenvalue weighted by molar-refractivity contribution is 5.34. The van der Waals surface area contributed by atoms with Gasteiger partial charge >= 0.3 is 0 Å². The highest BCUT2D eigenvalue weighted by atomic mass is 16.5. The minimum atomic E-state index is -0.502. The van der Waals surface area contributed by atoms with Gasteiger partial charge in [0.2, 0.25) is 0 Å². The van der Waals surface area contributed by atoms with Crippen molar-refractivity contribution in [1.29, 1.82) is 0 Å². The van der Waals surface area contributed by atoms with Crippen molar-refractivity contribution in [3.8, 4) is 0 Å². The van der Waals surface area contributed by atoms with Crippen LogP contribution in [0.1, 0.15) is 25.4 Å². The van der Waals surface area contributed by atoms with Crippen molar-refractivity contribution in [2.45, 2.75) is 26.4 Å². The van der Waals surface area contributed by atoms with Crippen LogP contribution in [0.2, 0.25) is 0 Å². The molecule has 0 saturated carbocycles. The van der Waals surface area contributed by atoms with Crippen LogP contribution >= 0.6 is 0 Å². The van der Waals surface area contributed by atoms with Crippen molar-refractivity contribution in [1.82, 2.24) is 9.97 Å². The fourth-order valence-electron chi connectivity index (χ4n) is 1.00. The summed E-state index contributed by atoms with van der Waals surface area (Å²) in [5.74, 6) is 6.50. The highest BCUT2D eigenvalue weighted by Crippen LogP contribution is 2.21. The standard InChI is InChI=1S/C9H16N4O/c1-6-5-7(13-10)12-8(11-6)9(2,3)14-4/h5H,10H2,1-4H3,(H,11,12,13). The second-order valence-electron chi connectivity index (χ2n) is 3.58. The van der Waals surface area contributed by atoms with E-state index in [4.69, 9.17) is 10.6 Å². The summed E-state index contributed by atoms with van der Waals surface area (Å²) in [6.45, 7) is 5.70. The van der Waals surface area contributed by atoms with Gasteiger partial charge in [0.15, 0.2) is 5.82 Å². The molecule has 0 saturated heterocycles. The molecule has 1 aromatic rings. The van der Waals surface area contributed by atoms with Crippen LogP contribution in [-0.2, 0) is 10.3 Å². The minimum absolute atomic E-state index is 0.502. The number of aryl methyl sites for hydroxylation is 1. The van der Waals surface area contributed by atoms with Crippen LogP contribution in [0.25, 0.3) is 0 Å². The molecule has 1 rings (SSSR count). The van der Waals surface area contributed by atoms with Crippen LogP contribution in [0.15, 0.2) is 6.07 Å². The largest absolute Gasteiger partial charge is 0.371 e. The van der Waals surface area contributed by atoms with E-state index in [2.05, 4.69) is 15.4 Å². The van der Waals surface area contributed by atoms with Crippen LogP contribution in [0.5, 0.6) is 0 Å². The second kappa shape index (κ2) is 3.89. The summed E-state index contributed by atoms with van der Waals surface area (Å²) in [6.07, 6.45) is 0. The van der Waals surface area contributed by atoms with Gasteiger partial charge in [0.25, 0.3) is 0 Å². The number of hydrazine groups is 1. The number of ether oxygens (including phenoxy) is 1.